The molecule has 1 aromatic rings. The third-order valence-corrected chi connectivity index (χ3v) is 4.53. The first-order chi connectivity index (χ1) is 8.50. The maximum Gasteiger partial charge on any atom is 0.274 e. The van der Waals surface area contributed by atoms with Gasteiger partial charge in [-0.05, 0) is 25.7 Å². The molecule has 2 fully saturated rings. The number of carbonyl (C=O) groups is 1. The summed E-state index contributed by atoms with van der Waals surface area (Å²) in [7, 11) is 1.89. The highest BCUT2D eigenvalue weighted by atomic mass is 16.2. The molecule has 3 heterocycles. The van der Waals surface area contributed by atoms with Gasteiger partial charge in [0.2, 0.25) is 0 Å². The fourth-order valence-corrected chi connectivity index (χ4v) is 3.43. The van der Waals surface area contributed by atoms with Crippen molar-refractivity contribution in [1.82, 2.24) is 19.8 Å². The van der Waals surface area contributed by atoms with Crippen molar-refractivity contribution in [1.29, 1.82) is 0 Å². The maximum atomic E-state index is 12.5. The van der Waals surface area contributed by atoms with E-state index in [4.69, 9.17) is 0 Å². The number of rotatable bonds is 1. The first kappa shape index (κ1) is 11.7. The Morgan fingerprint density at radius 3 is 2.89 bits per heavy atom. The van der Waals surface area contributed by atoms with Crippen molar-refractivity contribution in [3.05, 3.63) is 18.2 Å². The highest BCUT2D eigenvalue weighted by Crippen LogP contribution is 2.41. The third kappa shape index (κ3) is 1.57. The van der Waals surface area contributed by atoms with Crippen LogP contribution in [0, 0.1) is 11.8 Å². The minimum absolute atomic E-state index is 0.0648. The Bertz CT molecular complexity index is 479. The van der Waals surface area contributed by atoms with Crippen LogP contribution in [0.15, 0.2) is 12.5 Å². The van der Waals surface area contributed by atoms with E-state index >= 15 is 0 Å². The van der Waals surface area contributed by atoms with Gasteiger partial charge in [-0.3, -0.25) is 4.79 Å². The number of aryl methyl sites for hydroxylation is 1. The number of nitrogens with zero attached hydrogens (tertiary/aromatic N) is 3. The molecule has 0 spiro atoms. The molecule has 0 bridgehead atoms. The standard InChI is InChI=1S/C13H20N4O/c1-13(2)10-5-14-4-9(10)6-17(13)12(18)11-7-16(3)8-15-11/h7-10,14H,4-6H2,1-3H3. The molecule has 1 aromatic heterocycles. The summed E-state index contributed by atoms with van der Waals surface area (Å²) in [5.41, 5.74) is 0.474. The number of carbonyl (C=O) groups excluding carboxylic acids is 1. The van der Waals surface area contributed by atoms with Gasteiger partial charge >= 0.3 is 0 Å². The van der Waals surface area contributed by atoms with E-state index in [0.29, 0.717) is 17.5 Å². The van der Waals surface area contributed by atoms with Crippen molar-refractivity contribution in [2.75, 3.05) is 19.6 Å². The van der Waals surface area contributed by atoms with Gasteiger partial charge in [-0.15, -0.1) is 0 Å². The lowest BCUT2D eigenvalue weighted by atomic mass is 9.85. The molecule has 2 aliphatic heterocycles. The second-order valence-electron chi connectivity index (χ2n) is 6.02. The SMILES string of the molecule is Cn1cnc(C(=O)N2CC3CNCC3C2(C)C)c1. The lowest BCUT2D eigenvalue weighted by molar-refractivity contribution is 0.0597. The van der Waals surface area contributed by atoms with Crippen LogP contribution in [0.2, 0.25) is 0 Å². The van der Waals surface area contributed by atoms with Crippen molar-refractivity contribution in [3.63, 3.8) is 0 Å². The van der Waals surface area contributed by atoms with Crippen LogP contribution in [-0.4, -0.2) is 45.5 Å². The van der Waals surface area contributed by atoms with Gasteiger partial charge in [0.15, 0.2) is 0 Å². The zero-order valence-electron chi connectivity index (χ0n) is 11.2. The van der Waals surface area contributed by atoms with Crippen LogP contribution >= 0.6 is 0 Å². The van der Waals surface area contributed by atoms with Gasteiger partial charge in [0.25, 0.3) is 5.91 Å². The number of fused-ring (bicyclic) bond motifs is 1. The van der Waals surface area contributed by atoms with Crippen molar-refractivity contribution in [2.45, 2.75) is 19.4 Å². The molecule has 0 radical (unpaired) electrons. The average Bonchev–Trinajstić information content (AvgIpc) is 2.96. The lowest BCUT2D eigenvalue weighted by Gasteiger charge is -2.35. The Morgan fingerprint density at radius 2 is 2.28 bits per heavy atom. The molecule has 5 heteroatoms. The van der Waals surface area contributed by atoms with Gasteiger partial charge in [-0.1, -0.05) is 0 Å². The Balaban J connectivity index is 1.87. The van der Waals surface area contributed by atoms with Gasteiger partial charge in [-0.25, -0.2) is 4.98 Å². The van der Waals surface area contributed by atoms with Gasteiger partial charge in [-0.2, -0.15) is 0 Å². The highest BCUT2D eigenvalue weighted by Gasteiger charge is 2.51. The van der Waals surface area contributed by atoms with Crippen molar-refractivity contribution in [2.24, 2.45) is 18.9 Å². The second-order valence-corrected chi connectivity index (χ2v) is 6.02. The summed E-state index contributed by atoms with van der Waals surface area (Å²) in [5.74, 6) is 1.22. The number of hydrogen-bond acceptors (Lipinski definition) is 3. The Morgan fingerprint density at radius 1 is 1.50 bits per heavy atom. The van der Waals surface area contributed by atoms with Crippen LogP contribution in [0.4, 0.5) is 0 Å². The summed E-state index contributed by atoms with van der Waals surface area (Å²) < 4.78 is 1.82. The summed E-state index contributed by atoms with van der Waals surface area (Å²) in [5, 5.41) is 3.43. The topological polar surface area (TPSA) is 50.2 Å². The first-order valence-corrected chi connectivity index (χ1v) is 6.51. The smallest absolute Gasteiger partial charge is 0.274 e. The van der Waals surface area contributed by atoms with Crippen LogP contribution in [0.5, 0.6) is 0 Å². The first-order valence-electron chi connectivity index (χ1n) is 6.51. The van der Waals surface area contributed by atoms with Crippen molar-refractivity contribution in [3.8, 4) is 0 Å². The molecule has 2 saturated heterocycles. The molecule has 1 amide bonds. The van der Waals surface area contributed by atoms with Gasteiger partial charge < -0.3 is 14.8 Å². The van der Waals surface area contributed by atoms with E-state index in [1.807, 2.05) is 16.5 Å². The number of nitrogens with one attached hydrogen (secondary N) is 1. The summed E-state index contributed by atoms with van der Waals surface area (Å²) in [4.78, 5) is 18.7. The molecular formula is C13H20N4O. The van der Waals surface area contributed by atoms with Crippen molar-refractivity contribution >= 4 is 5.91 Å². The minimum atomic E-state index is -0.0806. The third-order valence-electron chi connectivity index (χ3n) is 4.53. The monoisotopic (exact) mass is 248 g/mol. The molecule has 98 valence electrons. The molecule has 2 aliphatic rings. The summed E-state index contributed by atoms with van der Waals surface area (Å²) >= 11 is 0. The largest absolute Gasteiger partial charge is 0.340 e. The molecule has 2 unspecified atom stereocenters. The molecule has 0 saturated carbocycles. The summed E-state index contributed by atoms with van der Waals surface area (Å²) in [6, 6.07) is 0. The van der Waals surface area contributed by atoms with Crippen LogP contribution in [0.25, 0.3) is 0 Å². The van der Waals surface area contributed by atoms with Crippen LogP contribution < -0.4 is 5.32 Å². The number of likely N-dealkylation sites (tertiary alicyclic amines) is 1. The molecule has 5 nitrogen and oxygen atoms in total. The summed E-state index contributed by atoms with van der Waals surface area (Å²) in [6.07, 6.45) is 3.48. The van der Waals surface area contributed by atoms with E-state index in [2.05, 4.69) is 24.1 Å². The Labute approximate surface area is 107 Å². The molecule has 2 atom stereocenters. The van der Waals surface area contributed by atoms with Crippen LogP contribution in [0.1, 0.15) is 24.3 Å². The summed E-state index contributed by atoms with van der Waals surface area (Å²) in [6.45, 7) is 7.24. The van der Waals surface area contributed by atoms with E-state index in [1.165, 1.54) is 0 Å². The fraction of sp³-hybridized carbons (Fsp3) is 0.692. The molecule has 1 N–H and O–H groups in total. The predicted molar refractivity (Wildman–Crippen MR) is 68.2 cm³/mol. The predicted octanol–water partition coefficient (Wildman–Crippen LogP) is 0.490. The van der Waals surface area contributed by atoms with Crippen molar-refractivity contribution < 1.29 is 4.79 Å². The Hall–Kier alpha value is -1.36. The Kier molecular flexibility index (Phi) is 2.48. The van der Waals surface area contributed by atoms with E-state index in [-0.39, 0.29) is 11.4 Å². The van der Waals surface area contributed by atoms with Gasteiger partial charge in [0.05, 0.1) is 6.33 Å². The van der Waals surface area contributed by atoms with Gasteiger partial charge in [0, 0.05) is 38.4 Å². The van der Waals surface area contributed by atoms with Crippen LogP contribution in [-0.2, 0) is 7.05 Å². The molecular weight excluding hydrogens is 228 g/mol. The van der Waals surface area contributed by atoms with E-state index in [9.17, 15) is 4.79 Å². The molecule has 18 heavy (non-hydrogen) atoms. The number of amides is 1. The zero-order valence-corrected chi connectivity index (χ0v) is 11.2. The van der Waals surface area contributed by atoms with Gasteiger partial charge in [0.1, 0.15) is 5.69 Å². The molecule has 0 aromatic carbocycles. The number of imidazole rings is 1. The fourth-order valence-electron chi connectivity index (χ4n) is 3.43. The molecule has 3 rings (SSSR count). The van der Waals surface area contributed by atoms with E-state index in [1.54, 1.807) is 12.5 Å². The average molecular weight is 248 g/mol. The maximum absolute atomic E-state index is 12.5. The zero-order chi connectivity index (χ0) is 12.9. The van der Waals surface area contributed by atoms with E-state index < -0.39 is 0 Å². The number of aromatic nitrogens is 2. The van der Waals surface area contributed by atoms with Crippen LogP contribution in [0.3, 0.4) is 0 Å². The normalized spacial score (nSPS) is 29.6. The number of hydrogen-bond donors (Lipinski definition) is 1. The second kappa shape index (κ2) is 3.82. The lowest BCUT2D eigenvalue weighted by Crippen LogP contribution is -2.47. The quantitative estimate of drug-likeness (QED) is 0.787. The van der Waals surface area contributed by atoms with E-state index in [0.717, 1.165) is 19.6 Å². The molecule has 0 aliphatic carbocycles. The highest BCUT2D eigenvalue weighted by molar-refractivity contribution is 5.93. The minimum Gasteiger partial charge on any atom is -0.340 e.